The molecule has 0 radical (unpaired) electrons. The summed E-state index contributed by atoms with van der Waals surface area (Å²) in [6, 6.07) is 12.9. The Morgan fingerprint density at radius 2 is 1.95 bits per heavy atom. The van der Waals surface area contributed by atoms with Crippen molar-refractivity contribution in [1.82, 2.24) is 0 Å². The quantitative estimate of drug-likeness (QED) is 0.658. The maximum atomic E-state index is 10.8. The molecule has 104 valence electrons. The number of hydrogen-bond donors (Lipinski definition) is 1. The number of nitrogens with zero attached hydrogens (tertiary/aromatic N) is 1. The van der Waals surface area contributed by atoms with Gasteiger partial charge in [0.25, 0.3) is 5.69 Å². The Kier molecular flexibility index (Phi) is 4.35. The van der Waals surface area contributed by atoms with Gasteiger partial charge in [-0.25, -0.2) is 0 Å². The molecule has 0 aliphatic carbocycles. The molecule has 4 heteroatoms. The summed E-state index contributed by atoms with van der Waals surface area (Å²) in [4.78, 5) is 10.4. The van der Waals surface area contributed by atoms with Gasteiger partial charge in [0.2, 0.25) is 0 Å². The van der Waals surface area contributed by atoms with E-state index in [4.69, 9.17) is 0 Å². The lowest BCUT2D eigenvalue weighted by atomic mass is 10.1. The summed E-state index contributed by atoms with van der Waals surface area (Å²) in [5.74, 6) is 0. The van der Waals surface area contributed by atoms with Crippen LogP contribution >= 0.6 is 0 Å². The maximum absolute atomic E-state index is 10.8. The fourth-order valence-electron chi connectivity index (χ4n) is 2.25. The van der Waals surface area contributed by atoms with Crippen LogP contribution in [0.3, 0.4) is 0 Å². The Labute approximate surface area is 118 Å². The molecule has 0 aliphatic rings. The van der Waals surface area contributed by atoms with E-state index in [0.29, 0.717) is 6.54 Å². The second-order valence-corrected chi connectivity index (χ2v) is 4.74. The molecule has 0 heterocycles. The van der Waals surface area contributed by atoms with E-state index in [2.05, 4.69) is 31.3 Å². The number of non-ortho nitro benzene ring substituents is 1. The molecule has 2 rings (SSSR count). The molecule has 2 aromatic rings. The van der Waals surface area contributed by atoms with Crippen LogP contribution in [0.15, 0.2) is 42.5 Å². The lowest BCUT2D eigenvalue weighted by molar-refractivity contribution is -0.384. The summed E-state index contributed by atoms with van der Waals surface area (Å²) in [6.07, 6.45) is 0.957. The Morgan fingerprint density at radius 1 is 1.20 bits per heavy atom. The van der Waals surface area contributed by atoms with Gasteiger partial charge in [0.15, 0.2) is 0 Å². The smallest absolute Gasteiger partial charge is 0.269 e. The van der Waals surface area contributed by atoms with Gasteiger partial charge in [0.05, 0.1) is 4.92 Å². The third kappa shape index (κ3) is 3.15. The van der Waals surface area contributed by atoms with Crippen LogP contribution in [0.5, 0.6) is 0 Å². The van der Waals surface area contributed by atoms with Crippen LogP contribution in [-0.4, -0.2) is 4.92 Å². The zero-order valence-electron chi connectivity index (χ0n) is 11.7. The second-order valence-electron chi connectivity index (χ2n) is 4.74. The first-order valence-corrected chi connectivity index (χ1v) is 6.67. The average Bonchev–Trinajstić information content (AvgIpc) is 2.46. The van der Waals surface area contributed by atoms with Crippen molar-refractivity contribution in [2.75, 3.05) is 5.32 Å². The zero-order chi connectivity index (χ0) is 14.5. The Hall–Kier alpha value is -2.36. The summed E-state index contributed by atoms with van der Waals surface area (Å²) >= 11 is 0. The summed E-state index contributed by atoms with van der Waals surface area (Å²) in [6.45, 7) is 4.77. The number of nitro benzene ring substituents is 1. The van der Waals surface area contributed by atoms with E-state index in [9.17, 15) is 10.1 Å². The minimum Gasteiger partial charge on any atom is -0.381 e. The fourth-order valence-corrected chi connectivity index (χ4v) is 2.25. The molecule has 0 amide bonds. The largest absolute Gasteiger partial charge is 0.381 e. The average molecular weight is 270 g/mol. The predicted octanol–water partition coefficient (Wildman–Crippen LogP) is 4.08. The van der Waals surface area contributed by atoms with Crippen LogP contribution in [0.25, 0.3) is 0 Å². The summed E-state index contributed by atoms with van der Waals surface area (Å²) in [5.41, 5.74) is 4.61. The van der Waals surface area contributed by atoms with Gasteiger partial charge in [-0.3, -0.25) is 10.1 Å². The molecule has 0 aliphatic heterocycles. The third-order valence-corrected chi connectivity index (χ3v) is 3.33. The molecule has 0 atom stereocenters. The minimum atomic E-state index is -0.366. The number of hydrogen-bond acceptors (Lipinski definition) is 3. The van der Waals surface area contributed by atoms with Gasteiger partial charge in [-0.2, -0.15) is 0 Å². The summed E-state index contributed by atoms with van der Waals surface area (Å²) in [7, 11) is 0. The zero-order valence-corrected chi connectivity index (χ0v) is 11.7. The molecule has 1 N–H and O–H groups in total. The topological polar surface area (TPSA) is 55.2 Å². The van der Waals surface area contributed by atoms with E-state index in [1.807, 2.05) is 12.1 Å². The molecule has 20 heavy (non-hydrogen) atoms. The lowest BCUT2D eigenvalue weighted by Gasteiger charge is -2.14. The van der Waals surface area contributed by atoms with Crippen LogP contribution in [0.4, 0.5) is 11.4 Å². The van der Waals surface area contributed by atoms with Crippen LogP contribution in [0.2, 0.25) is 0 Å². The Balaban J connectivity index is 2.17. The van der Waals surface area contributed by atoms with Crippen LogP contribution in [0, 0.1) is 17.0 Å². The standard InChI is InChI=1S/C16H18N2O2/c1-3-14-8-4-6-12(2)16(14)17-11-13-7-5-9-15(10-13)18(19)20/h4-10,17H,3,11H2,1-2H3. The molecule has 0 bridgehead atoms. The van der Waals surface area contributed by atoms with E-state index < -0.39 is 0 Å². The van der Waals surface area contributed by atoms with Gasteiger partial charge in [0, 0.05) is 24.4 Å². The fraction of sp³-hybridized carbons (Fsp3) is 0.250. The number of para-hydroxylation sites is 1. The van der Waals surface area contributed by atoms with Crippen molar-refractivity contribution in [3.63, 3.8) is 0 Å². The summed E-state index contributed by atoms with van der Waals surface area (Å²) < 4.78 is 0. The number of benzene rings is 2. The van der Waals surface area contributed by atoms with Crippen LogP contribution in [0.1, 0.15) is 23.6 Å². The number of anilines is 1. The van der Waals surface area contributed by atoms with Crippen molar-refractivity contribution in [2.45, 2.75) is 26.8 Å². The molecule has 0 aromatic heterocycles. The normalized spacial score (nSPS) is 10.3. The van der Waals surface area contributed by atoms with Crippen molar-refractivity contribution in [1.29, 1.82) is 0 Å². The second kappa shape index (κ2) is 6.19. The number of nitro groups is 1. The minimum absolute atomic E-state index is 0.129. The molecule has 0 saturated carbocycles. The summed E-state index contributed by atoms with van der Waals surface area (Å²) in [5, 5.41) is 14.2. The van der Waals surface area contributed by atoms with Crippen molar-refractivity contribution in [2.24, 2.45) is 0 Å². The first kappa shape index (κ1) is 14.1. The van der Waals surface area contributed by atoms with E-state index in [-0.39, 0.29) is 10.6 Å². The molecular weight excluding hydrogens is 252 g/mol. The van der Waals surface area contributed by atoms with Gasteiger partial charge >= 0.3 is 0 Å². The highest BCUT2D eigenvalue weighted by Crippen LogP contribution is 2.22. The van der Waals surface area contributed by atoms with Crippen molar-refractivity contribution in [3.8, 4) is 0 Å². The highest BCUT2D eigenvalue weighted by atomic mass is 16.6. The van der Waals surface area contributed by atoms with Crippen LogP contribution in [-0.2, 0) is 13.0 Å². The Morgan fingerprint density at radius 3 is 2.65 bits per heavy atom. The molecule has 0 fully saturated rings. The van der Waals surface area contributed by atoms with Crippen molar-refractivity contribution >= 4 is 11.4 Å². The number of aryl methyl sites for hydroxylation is 2. The number of nitrogens with one attached hydrogen (secondary N) is 1. The first-order valence-electron chi connectivity index (χ1n) is 6.67. The van der Waals surface area contributed by atoms with Crippen molar-refractivity contribution < 1.29 is 4.92 Å². The molecule has 2 aromatic carbocycles. The number of rotatable bonds is 5. The monoisotopic (exact) mass is 270 g/mol. The van der Waals surface area contributed by atoms with Gasteiger partial charge in [-0.1, -0.05) is 37.3 Å². The highest BCUT2D eigenvalue weighted by molar-refractivity contribution is 5.57. The van der Waals surface area contributed by atoms with Gasteiger partial charge in [0.1, 0.15) is 0 Å². The van der Waals surface area contributed by atoms with Gasteiger partial charge in [-0.15, -0.1) is 0 Å². The van der Waals surface area contributed by atoms with E-state index in [1.165, 1.54) is 17.2 Å². The van der Waals surface area contributed by atoms with E-state index >= 15 is 0 Å². The van der Waals surface area contributed by atoms with E-state index in [0.717, 1.165) is 17.7 Å². The molecule has 0 unspecified atom stereocenters. The van der Waals surface area contributed by atoms with Gasteiger partial charge < -0.3 is 5.32 Å². The molecule has 4 nitrogen and oxygen atoms in total. The molecular formula is C16H18N2O2. The first-order chi connectivity index (χ1) is 9.61. The molecule has 0 saturated heterocycles. The van der Waals surface area contributed by atoms with Gasteiger partial charge in [-0.05, 0) is 30.0 Å². The lowest BCUT2D eigenvalue weighted by Crippen LogP contribution is -2.04. The van der Waals surface area contributed by atoms with Crippen LogP contribution < -0.4 is 5.32 Å². The third-order valence-electron chi connectivity index (χ3n) is 3.33. The highest BCUT2D eigenvalue weighted by Gasteiger charge is 2.07. The predicted molar refractivity (Wildman–Crippen MR) is 81.0 cm³/mol. The Bertz CT molecular complexity index is 624. The molecule has 0 spiro atoms. The van der Waals surface area contributed by atoms with Crippen molar-refractivity contribution in [3.05, 3.63) is 69.3 Å². The maximum Gasteiger partial charge on any atom is 0.269 e. The SMILES string of the molecule is CCc1cccc(C)c1NCc1cccc([N+](=O)[O-])c1. The van der Waals surface area contributed by atoms with E-state index in [1.54, 1.807) is 12.1 Å².